The van der Waals surface area contributed by atoms with Crippen LogP contribution in [-0.4, -0.2) is 48.5 Å². The highest BCUT2D eigenvalue weighted by atomic mass is 16.1. The molecular formula is C26H25BN4O. The maximum absolute atomic E-state index is 13.8. The molecule has 0 bridgehead atoms. The van der Waals surface area contributed by atoms with Crippen molar-refractivity contribution in [1.29, 1.82) is 0 Å². The molecule has 0 spiro atoms. The number of hydrogen-bond acceptors (Lipinski definition) is 4. The number of piperazine rings is 1. The van der Waals surface area contributed by atoms with Crippen LogP contribution in [0, 0.1) is 6.92 Å². The van der Waals surface area contributed by atoms with Gasteiger partial charge in [-0.3, -0.25) is 9.36 Å². The van der Waals surface area contributed by atoms with Gasteiger partial charge < -0.3 is 9.71 Å². The Labute approximate surface area is 189 Å². The molecule has 32 heavy (non-hydrogen) atoms. The number of hydrogen-bond donors (Lipinski definition) is 0. The fourth-order valence-electron chi connectivity index (χ4n) is 4.54. The smallest absolute Gasteiger partial charge is 0.262 e. The van der Waals surface area contributed by atoms with Crippen molar-refractivity contribution in [1.82, 2.24) is 14.4 Å². The van der Waals surface area contributed by atoms with Crippen molar-refractivity contribution < 1.29 is 0 Å². The topological polar surface area (TPSA) is 41.4 Å². The van der Waals surface area contributed by atoms with Gasteiger partial charge in [-0.2, -0.15) is 0 Å². The van der Waals surface area contributed by atoms with Crippen molar-refractivity contribution >= 4 is 24.6 Å². The molecule has 1 aromatic heterocycles. The summed E-state index contributed by atoms with van der Waals surface area (Å²) < 4.78 is 1.82. The summed E-state index contributed by atoms with van der Waals surface area (Å²) in [4.78, 5) is 22.8. The molecule has 3 aromatic carbocycles. The van der Waals surface area contributed by atoms with Gasteiger partial charge in [-0.1, -0.05) is 60.7 Å². The van der Waals surface area contributed by atoms with Crippen LogP contribution >= 0.6 is 0 Å². The molecule has 1 fully saturated rings. The van der Waals surface area contributed by atoms with Gasteiger partial charge in [0.15, 0.2) is 7.98 Å². The molecule has 1 aliphatic heterocycles. The van der Waals surface area contributed by atoms with Crippen molar-refractivity contribution in [2.75, 3.05) is 31.1 Å². The Kier molecular flexibility index (Phi) is 5.54. The van der Waals surface area contributed by atoms with Crippen LogP contribution in [-0.2, 0) is 0 Å². The lowest BCUT2D eigenvalue weighted by Gasteiger charge is -2.34. The normalized spacial score (nSPS) is 14.9. The first-order chi connectivity index (χ1) is 15.6. The van der Waals surface area contributed by atoms with E-state index in [1.54, 1.807) is 0 Å². The number of nitrogens with zero attached hydrogens (tertiary/aromatic N) is 4. The first-order valence-corrected chi connectivity index (χ1v) is 11.0. The predicted octanol–water partition coefficient (Wildman–Crippen LogP) is 3.55. The summed E-state index contributed by atoms with van der Waals surface area (Å²) in [7, 11) is 5.90. The van der Waals surface area contributed by atoms with Gasteiger partial charge in [0.25, 0.3) is 5.56 Å². The zero-order chi connectivity index (χ0) is 22.1. The molecule has 0 atom stereocenters. The van der Waals surface area contributed by atoms with Crippen LogP contribution in [0.2, 0.25) is 0 Å². The quantitative estimate of drug-likeness (QED) is 0.474. The van der Waals surface area contributed by atoms with E-state index in [1.807, 2.05) is 70.9 Å². The predicted molar refractivity (Wildman–Crippen MR) is 130 cm³/mol. The molecule has 0 unspecified atom stereocenters. The minimum Gasteiger partial charge on any atom is -0.369 e. The van der Waals surface area contributed by atoms with E-state index in [-0.39, 0.29) is 11.6 Å². The van der Waals surface area contributed by atoms with Gasteiger partial charge in [0, 0.05) is 31.9 Å². The number of rotatable bonds is 4. The van der Waals surface area contributed by atoms with Gasteiger partial charge in [-0.25, -0.2) is 4.98 Å². The molecule has 2 heterocycles. The summed E-state index contributed by atoms with van der Waals surface area (Å²) >= 11 is 0. The van der Waals surface area contributed by atoms with Gasteiger partial charge in [-0.15, -0.1) is 0 Å². The molecule has 6 heteroatoms. The second-order valence-electron chi connectivity index (χ2n) is 8.28. The maximum atomic E-state index is 13.8. The van der Waals surface area contributed by atoms with E-state index in [2.05, 4.69) is 29.2 Å². The number of anilines is 1. The van der Waals surface area contributed by atoms with E-state index < -0.39 is 0 Å². The number of aryl methyl sites for hydroxylation is 1. The molecule has 158 valence electrons. The molecule has 1 saturated heterocycles. The minimum absolute atomic E-state index is 0.0245. The van der Waals surface area contributed by atoms with Crippen LogP contribution in [0.4, 0.5) is 5.69 Å². The molecule has 0 N–H and O–H groups in total. The third kappa shape index (κ3) is 3.82. The lowest BCUT2D eigenvalue weighted by molar-refractivity contribution is 0.415. The van der Waals surface area contributed by atoms with Crippen molar-refractivity contribution in [2.45, 2.75) is 13.0 Å². The third-order valence-electron chi connectivity index (χ3n) is 6.23. The lowest BCUT2D eigenvalue weighted by Crippen LogP contribution is -2.45. The molecule has 0 aliphatic carbocycles. The van der Waals surface area contributed by atoms with E-state index in [0.29, 0.717) is 11.2 Å². The van der Waals surface area contributed by atoms with E-state index in [0.717, 1.165) is 48.5 Å². The van der Waals surface area contributed by atoms with Crippen LogP contribution in [0.1, 0.15) is 23.0 Å². The summed E-state index contributed by atoms with van der Waals surface area (Å²) in [6.07, 6.45) is 0. The first-order valence-electron chi connectivity index (χ1n) is 11.0. The Balaban J connectivity index is 1.63. The summed E-state index contributed by atoms with van der Waals surface area (Å²) in [5, 5.41) is 0.633. The highest BCUT2D eigenvalue weighted by Crippen LogP contribution is 2.28. The fraction of sp³-hybridized carbons (Fsp3) is 0.231. The van der Waals surface area contributed by atoms with Gasteiger partial charge >= 0.3 is 0 Å². The standard InChI is InChI=1S/C26H25BN4O/c1-19-28-24-18-22(29-14-16-30(27)17-15-29)12-13-23(24)26(32)31(19)25(20-8-4-2-5-9-20)21-10-6-3-7-11-21/h2-13,18,25H,14-17H2,1H3. The number of aromatic nitrogens is 2. The number of benzene rings is 3. The monoisotopic (exact) mass is 420 g/mol. The van der Waals surface area contributed by atoms with Crippen molar-refractivity contribution in [3.8, 4) is 0 Å². The van der Waals surface area contributed by atoms with Crippen molar-refractivity contribution in [3.63, 3.8) is 0 Å². The van der Waals surface area contributed by atoms with Crippen molar-refractivity contribution in [2.24, 2.45) is 0 Å². The molecule has 5 rings (SSSR count). The Bertz CT molecular complexity index is 1240. The fourth-order valence-corrected chi connectivity index (χ4v) is 4.54. The van der Waals surface area contributed by atoms with Crippen LogP contribution < -0.4 is 10.5 Å². The summed E-state index contributed by atoms with van der Waals surface area (Å²) in [6, 6.07) is 26.0. The summed E-state index contributed by atoms with van der Waals surface area (Å²) in [6.45, 7) is 5.29. The summed E-state index contributed by atoms with van der Waals surface area (Å²) in [5.41, 5.74) is 3.90. The highest BCUT2D eigenvalue weighted by molar-refractivity contribution is 6.04. The van der Waals surface area contributed by atoms with Gasteiger partial charge in [0.2, 0.25) is 0 Å². The second kappa shape index (κ2) is 8.63. The Morgan fingerprint density at radius 1 is 0.844 bits per heavy atom. The Morgan fingerprint density at radius 3 is 2.03 bits per heavy atom. The average Bonchev–Trinajstić information content (AvgIpc) is 2.83. The summed E-state index contributed by atoms with van der Waals surface area (Å²) in [5.74, 6) is 0.698. The average molecular weight is 420 g/mol. The molecule has 4 aromatic rings. The Hall–Kier alpha value is -3.38. The highest BCUT2D eigenvalue weighted by Gasteiger charge is 2.22. The van der Waals surface area contributed by atoms with E-state index in [1.165, 1.54) is 0 Å². The molecular weight excluding hydrogens is 395 g/mol. The lowest BCUT2D eigenvalue weighted by atomic mass is 9.98. The molecule has 5 nitrogen and oxygen atoms in total. The molecule has 1 aliphatic rings. The SMILES string of the molecule is [B]N1CCN(c2ccc3c(=O)n(C(c4ccccc4)c4ccccc4)c(C)nc3c2)CC1. The molecule has 0 saturated carbocycles. The van der Waals surface area contributed by atoms with Crippen LogP contribution in [0.5, 0.6) is 0 Å². The van der Waals surface area contributed by atoms with Crippen LogP contribution in [0.25, 0.3) is 10.9 Å². The van der Waals surface area contributed by atoms with Gasteiger partial charge in [0.1, 0.15) is 5.82 Å². The third-order valence-corrected chi connectivity index (χ3v) is 6.23. The second-order valence-corrected chi connectivity index (χ2v) is 8.28. The van der Waals surface area contributed by atoms with Gasteiger partial charge in [-0.05, 0) is 36.2 Å². The first kappa shape index (κ1) is 20.5. The zero-order valence-corrected chi connectivity index (χ0v) is 18.2. The van der Waals surface area contributed by atoms with E-state index >= 15 is 0 Å². The zero-order valence-electron chi connectivity index (χ0n) is 18.2. The molecule has 2 radical (unpaired) electrons. The Morgan fingerprint density at radius 2 is 1.44 bits per heavy atom. The van der Waals surface area contributed by atoms with E-state index in [4.69, 9.17) is 13.0 Å². The van der Waals surface area contributed by atoms with E-state index in [9.17, 15) is 4.79 Å². The minimum atomic E-state index is -0.237. The largest absolute Gasteiger partial charge is 0.369 e. The molecule has 0 amide bonds. The van der Waals surface area contributed by atoms with Crippen LogP contribution in [0.3, 0.4) is 0 Å². The van der Waals surface area contributed by atoms with Crippen molar-refractivity contribution in [3.05, 3.63) is 106 Å². The maximum Gasteiger partial charge on any atom is 0.262 e. The van der Waals surface area contributed by atoms with Crippen LogP contribution in [0.15, 0.2) is 83.7 Å². The number of fused-ring (bicyclic) bond motifs is 1. The van der Waals surface area contributed by atoms with Gasteiger partial charge in [0.05, 0.1) is 16.9 Å².